The SMILES string of the molecule is COCc1noc(CN2CCN(C(=O)Cn3nc(C)cc3C)CC2)n1. The summed E-state index contributed by atoms with van der Waals surface area (Å²) in [4.78, 5) is 20.8. The minimum atomic E-state index is 0.103. The molecule has 0 aromatic carbocycles. The number of nitrogens with zero attached hydrogens (tertiary/aromatic N) is 6. The van der Waals surface area contributed by atoms with Gasteiger partial charge in [-0.15, -0.1) is 0 Å². The van der Waals surface area contributed by atoms with Gasteiger partial charge in [-0.2, -0.15) is 10.1 Å². The van der Waals surface area contributed by atoms with E-state index >= 15 is 0 Å². The van der Waals surface area contributed by atoms with E-state index in [0.29, 0.717) is 44.5 Å². The van der Waals surface area contributed by atoms with Gasteiger partial charge in [-0.05, 0) is 19.9 Å². The van der Waals surface area contributed by atoms with Crippen LogP contribution in [0.1, 0.15) is 23.1 Å². The molecule has 1 fully saturated rings. The molecule has 0 radical (unpaired) electrons. The van der Waals surface area contributed by atoms with Gasteiger partial charge in [0.2, 0.25) is 11.8 Å². The molecule has 1 saturated heterocycles. The van der Waals surface area contributed by atoms with Crippen molar-refractivity contribution < 1.29 is 14.1 Å². The molecule has 2 aromatic heterocycles. The molecule has 3 rings (SSSR count). The van der Waals surface area contributed by atoms with Crippen LogP contribution < -0.4 is 0 Å². The number of hydrogen-bond acceptors (Lipinski definition) is 7. The Morgan fingerprint density at radius 3 is 2.68 bits per heavy atom. The lowest BCUT2D eigenvalue weighted by atomic mass is 10.3. The van der Waals surface area contributed by atoms with Gasteiger partial charge in [-0.3, -0.25) is 14.4 Å². The van der Waals surface area contributed by atoms with Crippen LogP contribution >= 0.6 is 0 Å². The first-order valence-electron chi connectivity index (χ1n) is 8.36. The molecule has 0 N–H and O–H groups in total. The van der Waals surface area contributed by atoms with Crippen molar-refractivity contribution in [3.05, 3.63) is 29.2 Å². The lowest BCUT2D eigenvalue weighted by Gasteiger charge is -2.34. The maximum absolute atomic E-state index is 12.5. The van der Waals surface area contributed by atoms with Crippen LogP contribution in [-0.4, -0.2) is 68.9 Å². The average molecular weight is 348 g/mol. The zero-order valence-electron chi connectivity index (χ0n) is 14.9. The number of piperazine rings is 1. The third kappa shape index (κ3) is 4.43. The molecule has 136 valence electrons. The molecule has 9 nitrogen and oxygen atoms in total. The highest BCUT2D eigenvalue weighted by Gasteiger charge is 2.23. The summed E-state index contributed by atoms with van der Waals surface area (Å²) in [7, 11) is 1.60. The summed E-state index contributed by atoms with van der Waals surface area (Å²) in [5.74, 6) is 1.23. The number of rotatable bonds is 6. The fourth-order valence-electron chi connectivity index (χ4n) is 2.95. The largest absolute Gasteiger partial charge is 0.377 e. The molecule has 9 heteroatoms. The highest BCUT2D eigenvalue weighted by molar-refractivity contribution is 5.76. The number of methoxy groups -OCH3 is 1. The molecular weight excluding hydrogens is 324 g/mol. The number of aryl methyl sites for hydroxylation is 2. The first kappa shape index (κ1) is 17.6. The fourth-order valence-corrected chi connectivity index (χ4v) is 2.95. The van der Waals surface area contributed by atoms with Gasteiger partial charge >= 0.3 is 0 Å². The number of ether oxygens (including phenoxy) is 1. The van der Waals surface area contributed by atoms with Crippen LogP contribution in [0, 0.1) is 13.8 Å². The quantitative estimate of drug-likeness (QED) is 0.745. The molecule has 0 atom stereocenters. The molecule has 2 aromatic rings. The number of aromatic nitrogens is 4. The van der Waals surface area contributed by atoms with Gasteiger partial charge in [0, 0.05) is 39.0 Å². The van der Waals surface area contributed by atoms with E-state index in [1.54, 1.807) is 11.8 Å². The average Bonchev–Trinajstić information content (AvgIpc) is 3.14. The molecule has 25 heavy (non-hydrogen) atoms. The molecule has 1 amide bonds. The van der Waals surface area contributed by atoms with Gasteiger partial charge in [-0.25, -0.2) is 0 Å². The summed E-state index contributed by atoms with van der Waals surface area (Å²) in [6.45, 7) is 8.08. The Bertz CT molecular complexity index is 717. The third-order valence-corrected chi connectivity index (χ3v) is 4.26. The summed E-state index contributed by atoms with van der Waals surface area (Å²) in [6, 6.07) is 1.98. The van der Waals surface area contributed by atoms with Crippen LogP contribution in [0.4, 0.5) is 0 Å². The number of carbonyl (C=O) groups excluding carboxylic acids is 1. The Balaban J connectivity index is 1.47. The normalized spacial score (nSPS) is 15.7. The van der Waals surface area contributed by atoms with E-state index in [-0.39, 0.29) is 5.91 Å². The minimum Gasteiger partial charge on any atom is -0.377 e. The van der Waals surface area contributed by atoms with E-state index in [1.165, 1.54) is 0 Å². The zero-order valence-corrected chi connectivity index (χ0v) is 14.9. The maximum Gasteiger partial charge on any atom is 0.244 e. The highest BCUT2D eigenvalue weighted by atomic mass is 16.5. The van der Waals surface area contributed by atoms with Crippen molar-refractivity contribution in [1.29, 1.82) is 0 Å². The molecule has 0 unspecified atom stereocenters. The zero-order chi connectivity index (χ0) is 17.8. The highest BCUT2D eigenvalue weighted by Crippen LogP contribution is 2.09. The van der Waals surface area contributed by atoms with E-state index < -0.39 is 0 Å². The fraction of sp³-hybridized carbons (Fsp3) is 0.625. The molecule has 3 heterocycles. The van der Waals surface area contributed by atoms with Crippen molar-refractivity contribution in [3.63, 3.8) is 0 Å². The Kier molecular flexibility index (Phi) is 5.44. The molecule has 0 spiro atoms. The van der Waals surface area contributed by atoms with E-state index in [4.69, 9.17) is 9.26 Å². The van der Waals surface area contributed by atoms with Gasteiger partial charge in [0.05, 0.1) is 12.2 Å². The standard InChI is InChI=1S/C16H24N6O3/c1-12-8-13(2)22(18-12)10-16(23)21-6-4-20(5-7-21)9-15-17-14(11-24-3)19-25-15/h8H,4-7,9-11H2,1-3H3. The molecular formula is C16H24N6O3. The third-order valence-electron chi connectivity index (χ3n) is 4.26. The van der Waals surface area contributed by atoms with Crippen LogP contribution in [0.5, 0.6) is 0 Å². The number of hydrogen-bond donors (Lipinski definition) is 0. The van der Waals surface area contributed by atoms with Crippen molar-refractivity contribution in [2.45, 2.75) is 33.5 Å². The van der Waals surface area contributed by atoms with E-state index in [9.17, 15) is 4.79 Å². The van der Waals surface area contributed by atoms with Crippen molar-refractivity contribution >= 4 is 5.91 Å². The van der Waals surface area contributed by atoms with Crippen molar-refractivity contribution in [1.82, 2.24) is 29.7 Å². The van der Waals surface area contributed by atoms with Crippen LogP contribution in [0.3, 0.4) is 0 Å². The lowest BCUT2D eigenvalue weighted by Crippen LogP contribution is -2.49. The smallest absolute Gasteiger partial charge is 0.244 e. The number of amides is 1. The first-order valence-corrected chi connectivity index (χ1v) is 8.36. The minimum absolute atomic E-state index is 0.103. The Labute approximate surface area is 146 Å². The van der Waals surface area contributed by atoms with Gasteiger partial charge < -0.3 is 14.2 Å². The molecule has 1 aliphatic heterocycles. The Hall–Kier alpha value is -2.26. The topological polar surface area (TPSA) is 89.5 Å². The van der Waals surface area contributed by atoms with Crippen molar-refractivity contribution in [2.24, 2.45) is 0 Å². The maximum atomic E-state index is 12.5. The lowest BCUT2D eigenvalue weighted by molar-refractivity contribution is -0.133. The summed E-state index contributed by atoms with van der Waals surface area (Å²) in [5.41, 5.74) is 1.94. The van der Waals surface area contributed by atoms with Crippen LogP contribution in [0.15, 0.2) is 10.6 Å². The van der Waals surface area contributed by atoms with Gasteiger partial charge in [0.1, 0.15) is 13.2 Å². The monoisotopic (exact) mass is 348 g/mol. The van der Waals surface area contributed by atoms with Gasteiger partial charge in [0.25, 0.3) is 0 Å². The molecule has 1 aliphatic rings. The van der Waals surface area contributed by atoms with Crippen molar-refractivity contribution in [2.75, 3.05) is 33.3 Å². The molecule has 0 aliphatic carbocycles. The van der Waals surface area contributed by atoms with Gasteiger partial charge in [-0.1, -0.05) is 5.16 Å². The van der Waals surface area contributed by atoms with Crippen LogP contribution in [0.25, 0.3) is 0 Å². The second kappa shape index (κ2) is 7.75. The molecule has 0 saturated carbocycles. The van der Waals surface area contributed by atoms with E-state index in [1.807, 2.05) is 24.8 Å². The van der Waals surface area contributed by atoms with Gasteiger partial charge in [0.15, 0.2) is 5.82 Å². The van der Waals surface area contributed by atoms with Crippen molar-refractivity contribution in [3.8, 4) is 0 Å². The van der Waals surface area contributed by atoms with Crippen LogP contribution in [-0.2, 0) is 29.2 Å². The second-order valence-corrected chi connectivity index (χ2v) is 6.28. The first-order chi connectivity index (χ1) is 12.0. The summed E-state index contributed by atoms with van der Waals surface area (Å²) in [6.07, 6.45) is 0. The summed E-state index contributed by atoms with van der Waals surface area (Å²) >= 11 is 0. The Morgan fingerprint density at radius 2 is 2.04 bits per heavy atom. The Morgan fingerprint density at radius 1 is 1.28 bits per heavy atom. The van der Waals surface area contributed by atoms with E-state index in [0.717, 1.165) is 24.5 Å². The molecule has 0 bridgehead atoms. The van der Waals surface area contributed by atoms with Crippen LogP contribution in [0.2, 0.25) is 0 Å². The number of carbonyl (C=O) groups is 1. The summed E-state index contributed by atoms with van der Waals surface area (Å²) < 4.78 is 12.0. The predicted octanol–water partition coefficient (Wildman–Crippen LogP) is 0.374. The predicted molar refractivity (Wildman–Crippen MR) is 88.6 cm³/mol. The summed E-state index contributed by atoms with van der Waals surface area (Å²) in [5, 5.41) is 8.21. The van der Waals surface area contributed by atoms with E-state index in [2.05, 4.69) is 20.1 Å². The second-order valence-electron chi connectivity index (χ2n) is 6.28.